The van der Waals surface area contributed by atoms with E-state index >= 15 is 0 Å². The molecule has 1 aliphatic heterocycles. The lowest BCUT2D eigenvalue weighted by Crippen LogP contribution is -2.49. The molecular weight excluding hydrogens is 355 g/mol. The third-order valence-corrected chi connectivity index (χ3v) is 5.69. The first-order chi connectivity index (χ1) is 12.1. The maximum Gasteiger partial charge on any atom is 0.226 e. The molecule has 2 aliphatic rings. The predicted molar refractivity (Wildman–Crippen MR) is 103 cm³/mol. The number of anilines is 1. The van der Waals surface area contributed by atoms with Crippen LogP contribution in [0.25, 0.3) is 0 Å². The van der Waals surface area contributed by atoms with Crippen molar-refractivity contribution in [3.8, 4) is 0 Å². The lowest BCUT2D eigenvalue weighted by Gasteiger charge is -2.36. The molecule has 130 valence electrons. The van der Waals surface area contributed by atoms with Gasteiger partial charge in [-0.15, -0.1) is 0 Å². The second-order valence-corrected chi connectivity index (χ2v) is 7.66. The Morgan fingerprint density at radius 1 is 0.840 bits per heavy atom. The lowest BCUT2D eigenvalue weighted by atomic mass is 10.1. The van der Waals surface area contributed by atoms with Gasteiger partial charge in [0.25, 0.3) is 0 Å². The minimum absolute atomic E-state index is 0.142. The number of benzene rings is 2. The van der Waals surface area contributed by atoms with Crippen LogP contribution in [0.4, 0.5) is 5.69 Å². The van der Waals surface area contributed by atoms with E-state index in [1.807, 2.05) is 53.4 Å². The molecule has 3 nitrogen and oxygen atoms in total. The summed E-state index contributed by atoms with van der Waals surface area (Å²) in [5, 5.41) is 1.49. The van der Waals surface area contributed by atoms with Crippen molar-refractivity contribution in [3.05, 3.63) is 64.1 Å². The van der Waals surface area contributed by atoms with Crippen molar-refractivity contribution in [3.63, 3.8) is 0 Å². The third-order valence-electron chi connectivity index (χ3n) is 5.19. The Balaban J connectivity index is 1.33. The zero-order valence-corrected chi connectivity index (χ0v) is 15.4. The van der Waals surface area contributed by atoms with Gasteiger partial charge in [0.1, 0.15) is 0 Å². The quantitative estimate of drug-likeness (QED) is 0.792. The van der Waals surface area contributed by atoms with E-state index in [-0.39, 0.29) is 5.92 Å². The van der Waals surface area contributed by atoms with E-state index in [1.54, 1.807) is 0 Å². The molecule has 2 atom stereocenters. The fourth-order valence-corrected chi connectivity index (χ4v) is 3.87. The smallest absolute Gasteiger partial charge is 0.226 e. The topological polar surface area (TPSA) is 23.6 Å². The summed E-state index contributed by atoms with van der Waals surface area (Å²) in [6.07, 6.45) is 0.956. The highest BCUT2D eigenvalue weighted by atomic mass is 35.5. The van der Waals surface area contributed by atoms with Gasteiger partial charge in [0.15, 0.2) is 0 Å². The number of carbonyl (C=O) groups excluding carboxylic acids is 1. The van der Waals surface area contributed by atoms with Gasteiger partial charge in [0, 0.05) is 47.8 Å². The summed E-state index contributed by atoms with van der Waals surface area (Å²) in [5.41, 5.74) is 2.39. The van der Waals surface area contributed by atoms with Crippen LogP contribution in [-0.4, -0.2) is 37.0 Å². The lowest BCUT2D eigenvalue weighted by molar-refractivity contribution is -0.132. The summed E-state index contributed by atoms with van der Waals surface area (Å²) < 4.78 is 0. The second-order valence-electron chi connectivity index (χ2n) is 6.79. The van der Waals surface area contributed by atoms with Gasteiger partial charge in [-0.1, -0.05) is 35.3 Å². The van der Waals surface area contributed by atoms with E-state index in [1.165, 1.54) is 11.3 Å². The van der Waals surface area contributed by atoms with Crippen molar-refractivity contribution < 1.29 is 4.79 Å². The Morgan fingerprint density at radius 2 is 1.40 bits per heavy atom. The first kappa shape index (κ1) is 16.7. The average molecular weight is 375 g/mol. The molecule has 0 aromatic heterocycles. The largest absolute Gasteiger partial charge is 0.368 e. The highest BCUT2D eigenvalue weighted by molar-refractivity contribution is 6.30. The molecule has 5 heteroatoms. The van der Waals surface area contributed by atoms with Crippen LogP contribution in [0.2, 0.25) is 10.0 Å². The van der Waals surface area contributed by atoms with E-state index < -0.39 is 0 Å². The van der Waals surface area contributed by atoms with Gasteiger partial charge < -0.3 is 9.80 Å². The molecule has 0 bridgehead atoms. The molecule has 2 unspecified atom stereocenters. The number of rotatable bonds is 3. The van der Waals surface area contributed by atoms with Gasteiger partial charge in [0.2, 0.25) is 5.91 Å². The van der Waals surface area contributed by atoms with Crippen molar-refractivity contribution in [2.45, 2.75) is 12.3 Å². The molecule has 0 N–H and O–H groups in total. The van der Waals surface area contributed by atoms with Gasteiger partial charge in [-0.05, 0) is 54.3 Å². The van der Waals surface area contributed by atoms with Crippen molar-refractivity contribution in [2.75, 3.05) is 31.1 Å². The number of halogens is 2. The van der Waals surface area contributed by atoms with Crippen LogP contribution in [0.1, 0.15) is 17.9 Å². The molecule has 0 spiro atoms. The van der Waals surface area contributed by atoms with Crippen LogP contribution in [0, 0.1) is 5.92 Å². The number of piperazine rings is 1. The van der Waals surface area contributed by atoms with Gasteiger partial charge in [-0.2, -0.15) is 0 Å². The number of hydrogen-bond donors (Lipinski definition) is 0. The number of hydrogen-bond acceptors (Lipinski definition) is 2. The molecule has 2 fully saturated rings. The Morgan fingerprint density at radius 3 is 2.00 bits per heavy atom. The standard InChI is InChI=1S/C20H20Cl2N2O/c21-15-3-1-14(2-4-15)18-13-19(18)20(25)24-11-9-23(10-12-24)17-7-5-16(22)6-8-17/h1-8,18-19H,9-13H2. The van der Waals surface area contributed by atoms with Crippen molar-refractivity contribution in [2.24, 2.45) is 5.92 Å². The minimum atomic E-state index is 0.142. The monoisotopic (exact) mass is 374 g/mol. The van der Waals surface area contributed by atoms with Gasteiger partial charge in [-0.25, -0.2) is 0 Å². The third kappa shape index (κ3) is 3.63. The summed E-state index contributed by atoms with van der Waals surface area (Å²) in [6.45, 7) is 3.30. The molecule has 1 saturated heterocycles. The van der Waals surface area contributed by atoms with Gasteiger partial charge in [0.05, 0.1) is 0 Å². The molecule has 1 saturated carbocycles. The van der Waals surface area contributed by atoms with E-state index in [0.717, 1.165) is 42.6 Å². The van der Waals surface area contributed by atoms with Crippen LogP contribution >= 0.6 is 23.2 Å². The summed E-state index contributed by atoms with van der Waals surface area (Å²) >= 11 is 11.9. The second kappa shape index (κ2) is 6.89. The zero-order valence-electron chi connectivity index (χ0n) is 13.9. The highest BCUT2D eigenvalue weighted by Crippen LogP contribution is 2.48. The summed E-state index contributed by atoms with van der Waals surface area (Å²) in [7, 11) is 0. The van der Waals surface area contributed by atoms with E-state index in [9.17, 15) is 4.79 Å². The molecule has 2 aromatic carbocycles. The van der Waals surface area contributed by atoms with Crippen molar-refractivity contribution in [1.82, 2.24) is 4.90 Å². The maximum atomic E-state index is 12.8. The fourth-order valence-electron chi connectivity index (χ4n) is 3.62. The Kier molecular flexibility index (Phi) is 4.61. The normalized spacial score (nSPS) is 22.8. The Hall–Kier alpha value is -1.71. The fraction of sp³-hybridized carbons (Fsp3) is 0.350. The molecule has 1 heterocycles. The maximum absolute atomic E-state index is 12.8. The SMILES string of the molecule is O=C(C1CC1c1ccc(Cl)cc1)N1CCN(c2ccc(Cl)cc2)CC1. The molecule has 1 aliphatic carbocycles. The molecule has 25 heavy (non-hydrogen) atoms. The molecule has 4 rings (SSSR count). The van der Waals surface area contributed by atoms with Gasteiger partial charge >= 0.3 is 0 Å². The Bertz CT molecular complexity index is 752. The van der Waals surface area contributed by atoms with Crippen LogP contribution in [0.5, 0.6) is 0 Å². The van der Waals surface area contributed by atoms with Crippen LogP contribution in [0.3, 0.4) is 0 Å². The van der Waals surface area contributed by atoms with E-state index in [4.69, 9.17) is 23.2 Å². The first-order valence-electron chi connectivity index (χ1n) is 8.66. The van der Waals surface area contributed by atoms with Crippen LogP contribution in [-0.2, 0) is 4.79 Å². The predicted octanol–water partition coefficient (Wildman–Crippen LogP) is 4.45. The molecular formula is C20H20Cl2N2O. The van der Waals surface area contributed by atoms with Crippen molar-refractivity contribution >= 4 is 34.8 Å². The zero-order chi connectivity index (χ0) is 17.4. The van der Waals surface area contributed by atoms with Crippen LogP contribution in [0.15, 0.2) is 48.5 Å². The number of amides is 1. The molecule has 2 aromatic rings. The summed E-state index contributed by atoms with van der Waals surface area (Å²) in [5.74, 6) is 0.804. The minimum Gasteiger partial charge on any atom is -0.368 e. The van der Waals surface area contributed by atoms with E-state index in [2.05, 4.69) is 4.90 Å². The molecule has 1 amide bonds. The summed E-state index contributed by atoms with van der Waals surface area (Å²) in [6, 6.07) is 15.8. The first-order valence-corrected chi connectivity index (χ1v) is 9.42. The summed E-state index contributed by atoms with van der Waals surface area (Å²) in [4.78, 5) is 17.1. The molecule has 0 radical (unpaired) electrons. The average Bonchev–Trinajstić information content (AvgIpc) is 3.43. The Labute approximate surface area is 158 Å². The number of nitrogens with zero attached hydrogens (tertiary/aromatic N) is 2. The highest BCUT2D eigenvalue weighted by Gasteiger charge is 2.46. The van der Waals surface area contributed by atoms with Crippen molar-refractivity contribution in [1.29, 1.82) is 0 Å². The van der Waals surface area contributed by atoms with E-state index in [0.29, 0.717) is 11.8 Å². The number of carbonyl (C=O) groups is 1. The van der Waals surface area contributed by atoms with Crippen LogP contribution < -0.4 is 4.90 Å². The van der Waals surface area contributed by atoms with Gasteiger partial charge in [-0.3, -0.25) is 4.79 Å².